The molecule has 8 rings (SSSR count). The maximum Gasteiger partial charge on any atom is 0.495 e. The van der Waals surface area contributed by atoms with Crippen LogP contribution >= 0.6 is 0 Å². The predicted molar refractivity (Wildman–Crippen MR) is 170 cm³/mol. The summed E-state index contributed by atoms with van der Waals surface area (Å²) in [6.07, 6.45) is 0. The van der Waals surface area contributed by atoms with Crippen LogP contribution in [0.25, 0.3) is 22.3 Å². The van der Waals surface area contributed by atoms with Crippen LogP contribution in [0.1, 0.15) is 55.5 Å². The number of benzene rings is 5. The first-order chi connectivity index (χ1) is 20.8. The molecule has 2 aliphatic heterocycles. The summed E-state index contributed by atoms with van der Waals surface area (Å²) in [5, 5.41) is 9.77. The quantitative estimate of drug-likeness (QED) is 0.202. The van der Waals surface area contributed by atoms with Crippen LogP contribution in [-0.2, 0) is 14.7 Å². The van der Waals surface area contributed by atoms with Crippen LogP contribution in [0.4, 0.5) is 0 Å². The molecule has 0 radical (unpaired) electrons. The van der Waals surface area contributed by atoms with E-state index >= 15 is 0 Å². The molecule has 5 aromatic rings. The second-order valence-corrected chi connectivity index (χ2v) is 12.6. The highest BCUT2D eigenvalue weighted by Gasteiger charge is 2.56. The molecule has 2 heterocycles. The van der Waals surface area contributed by atoms with Gasteiger partial charge >= 0.3 is 7.12 Å². The molecule has 1 saturated heterocycles. The Balaban J connectivity index is 1.52. The largest absolute Gasteiger partial charge is 0.495 e. The summed E-state index contributed by atoms with van der Waals surface area (Å²) in [6, 6.07) is 40.0. The lowest BCUT2D eigenvalue weighted by Gasteiger charge is -2.39. The van der Waals surface area contributed by atoms with Crippen molar-refractivity contribution in [2.75, 3.05) is 0 Å². The molecule has 5 heteroatoms. The van der Waals surface area contributed by atoms with Gasteiger partial charge in [0.2, 0.25) is 0 Å². The third-order valence-corrected chi connectivity index (χ3v) is 9.83. The van der Waals surface area contributed by atoms with E-state index in [9.17, 15) is 5.26 Å². The molecule has 43 heavy (non-hydrogen) atoms. The average Bonchev–Trinajstić information content (AvgIpc) is 3.44. The number of rotatable bonds is 2. The highest BCUT2D eigenvalue weighted by molar-refractivity contribution is 6.64. The molecule has 1 aliphatic carbocycles. The molecule has 0 N–H and O–H groups in total. The van der Waals surface area contributed by atoms with Crippen LogP contribution < -0.4 is 10.2 Å². The highest BCUT2D eigenvalue weighted by Crippen LogP contribution is 2.63. The number of fused-ring (bicyclic) bond motifs is 9. The smallest absolute Gasteiger partial charge is 0.457 e. The second-order valence-electron chi connectivity index (χ2n) is 12.6. The maximum atomic E-state index is 9.77. The summed E-state index contributed by atoms with van der Waals surface area (Å²) >= 11 is 0. The van der Waals surface area contributed by atoms with Crippen LogP contribution in [0.3, 0.4) is 0 Å². The van der Waals surface area contributed by atoms with Crippen molar-refractivity contribution < 1.29 is 14.0 Å². The second kappa shape index (κ2) is 8.94. The molecule has 0 amide bonds. The minimum absolute atomic E-state index is 0.488. The number of ether oxygens (including phenoxy) is 1. The molecule has 0 aromatic heterocycles. The topological polar surface area (TPSA) is 51.5 Å². The fourth-order valence-corrected chi connectivity index (χ4v) is 7.18. The Kier molecular flexibility index (Phi) is 5.41. The van der Waals surface area contributed by atoms with Gasteiger partial charge in [0.25, 0.3) is 0 Å². The third kappa shape index (κ3) is 3.45. The summed E-state index contributed by atoms with van der Waals surface area (Å²) < 4.78 is 19.9. The van der Waals surface area contributed by atoms with E-state index in [1.54, 1.807) is 0 Å². The fourth-order valence-electron chi connectivity index (χ4n) is 7.18. The van der Waals surface area contributed by atoms with Crippen molar-refractivity contribution in [3.05, 3.63) is 137 Å². The normalized spacial score (nSPS) is 17.8. The number of hydrogen-bond donors (Lipinski definition) is 0. The molecule has 0 unspecified atom stereocenters. The zero-order valence-corrected chi connectivity index (χ0v) is 24.6. The Morgan fingerprint density at radius 2 is 1.16 bits per heavy atom. The van der Waals surface area contributed by atoms with Crippen molar-refractivity contribution in [3.63, 3.8) is 0 Å². The van der Waals surface area contributed by atoms with Crippen LogP contribution in [0.5, 0.6) is 11.5 Å². The average molecular weight is 559 g/mol. The Morgan fingerprint density at radius 1 is 0.605 bits per heavy atom. The number of nitriles is 1. The molecule has 208 valence electrons. The van der Waals surface area contributed by atoms with E-state index in [2.05, 4.69) is 113 Å². The van der Waals surface area contributed by atoms with Gasteiger partial charge in [-0.05, 0) is 90.8 Å². The van der Waals surface area contributed by atoms with E-state index in [0.29, 0.717) is 5.56 Å². The van der Waals surface area contributed by atoms with Crippen LogP contribution in [0.15, 0.2) is 109 Å². The van der Waals surface area contributed by atoms with Gasteiger partial charge < -0.3 is 14.0 Å². The highest BCUT2D eigenvalue weighted by atomic mass is 16.7. The summed E-state index contributed by atoms with van der Waals surface area (Å²) in [5.41, 5.74) is 8.87. The van der Waals surface area contributed by atoms with Gasteiger partial charge in [-0.3, -0.25) is 0 Å². The minimum atomic E-state index is -0.626. The Morgan fingerprint density at radius 3 is 1.81 bits per heavy atom. The summed E-state index contributed by atoms with van der Waals surface area (Å²) in [7, 11) is -0.549. The SMILES string of the molecule is CC1(C)OB(c2cccc3c2-c2c(-c4cccc(C#N)c4)cccc2C32c3ccccc3Oc3ccccc32)OC1(C)C. The number of nitrogens with zero attached hydrogens (tertiary/aromatic N) is 1. The lowest BCUT2D eigenvalue weighted by Crippen LogP contribution is -2.41. The molecule has 1 spiro atoms. The number of hydrogen-bond acceptors (Lipinski definition) is 4. The number of para-hydroxylation sites is 2. The Labute approximate surface area is 252 Å². The summed E-state index contributed by atoms with van der Waals surface area (Å²) in [5.74, 6) is 1.69. The van der Waals surface area contributed by atoms with Gasteiger partial charge in [0.05, 0.1) is 28.2 Å². The molecule has 0 saturated carbocycles. The Hall–Kier alpha value is -4.63. The van der Waals surface area contributed by atoms with E-state index < -0.39 is 23.7 Å². The molecule has 3 aliphatic rings. The van der Waals surface area contributed by atoms with Gasteiger partial charge in [0.1, 0.15) is 11.5 Å². The standard InChI is InChI=1S/C38H30BNO3/c1-36(2)37(3,4)43-39(42-36)31-19-11-18-30-35(31)34-26(25-13-9-12-24(22-25)23-40)14-10-17-29(34)38(30)27-15-5-7-20-32(27)41-33-21-8-6-16-28(33)38/h5-22H,1-4H3. The van der Waals surface area contributed by atoms with E-state index in [1.807, 2.05) is 30.3 Å². The van der Waals surface area contributed by atoms with Crippen molar-refractivity contribution in [3.8, 4) is 39.8 Å². The lowest BCUT2D eigenvalue weighted by molar-refractivity contribution is 0.00578. The third-order valence-electron chi connectivity index (χ3n) is 9.83. The molecule has 0 atom stereocenters. The van der Waals surface area contributed by atoms with Crippen molar-refractivity contribution in [1.82, 2.24) is 0 Å². The molecule has 0 bridgehead atoms. The summed E-state index contributed by atoms with van der Waals surface area (Å²) in [6.45, 7) is 8.37. The molecule has 4 nitrogen and oxygen atoms in total. The lowest BCUT2D eigenvalue weighted by atomic mass is 9.65. The molecule has 5 aromatic carbocycles. The summed E-state index contributed by atoms with van der Waals surface area (Å²) in [4.78, 5) is 0. The van der Waals surface area contributed by atoms with Gasteiger partial charge in [-0.25, -0.2) is 0 Å². The van der Waals surface area contributed by atoms with Crippen molar-refractivity contribution in [2.45, 2.75) is 44.3 Å². The first-order valence-corrected chi connectivity index (χ1v) is 14.8. The van der Waals surface area contributed by atoms with Gasteiger partial charge in [-0.1, -0.05) is 84.9 Å². The van der Waals surface area contributed by atoms with Gasteiger partial charge in [0, 0.05) is 11.1 Å². The van der Waals surface area contributed by atoms with Crippen molar-refractivity contribution in [1.29, 1.82) is 5.26 Å². The Bertz CT molecular complexity index is 1940. The van der Waals surface area contributed by atoms with Gasteiger partial charge in [-0.15, -0.1) is 0 Å². The fraction of sp³-hybridized carbons (Fsp3) is 0.184. The maximum absolute atomic E-state index is 9.77. The molecular weight excluding hydrogens is 529 g/mol. The van der Waals surface area contributed by atoms with Crippen LogP contribution in [-0.4, -0.2) is 18.3 Å². The molecule has 1 fully saturated rings. The van der Waals surface area contributed by atoms with E-state index in [4.69, 9.17) is 14.0 Å². The first-order valence-electron chi connectivity index (χ1n) is 14.8. The predicted octanol–water partition coefficient (Wildman–Crippen LogP) is 7.99. The van der Waals surface area contributed by atoms with Crippen molar-refractivity contribution in [2.24, 2.45) is 0 Å². The monoisotopic (exact) mass is 559 g/mol. The van der Waals surface area contributed by atoms with Gasteiger partial charge in [0.15, 0.2) is 0 Å². The van der Waals surface area contributed by atoms with E-state index in [0.717, 1.165) is 50.3 Å². The van der Waals surface area contributed by atoms with Crippen molar-refractivity contribution >= 4 is 12.6 Å². The van der Waals surface area contributed by atoms with E-state index in [1.165, 1.54) is 11.1 Å². The first kappa shape index (κ1) is 26.0. The van der Waals surface area contributed by atoms with Gasteiger partial charge in [-0.2, -0.15) is 5.26 Å². The van der Waals surface area contributed by atoms with Crippen LogP contribution in [0.2, 0.25) is 0 Å². The zero-order chi connectivity index (χ0) is 29.6. The zero-order valence-electron chi connectivity index (χ0n) is 24.6. The minimum Gasteiger partial charge on any atom is -0.457 e. The molecular formula is C38H30BNO3. The van der Waals surface area contributed by atoms with E-state index in [-0.39, 0.29) is 0 Å². The van der Waals surface area contributed by atoms with Crippen LogP contribution in [0, 0.1) is 11.3 Å².